The zero-order chi connectivity index (χ0) is 11.5. The molecule has 0 spiro atoms. The number of benzene rings is 1. The van der Waals surface area contributed by atoms with Crippen molar-refractivity contribution in [3.8, 4) is 0 Å². The van der Waals surface area contributed by atoms with E-state index in [0.29, 0.717) is 0 Å². The van der Waals surface area contributed by atoms with Crippen molar-refractivity contribution in [2.24, 2.45) is 5.10 Å². The minimum atomic E-state index is -1.22. The summed E-state index contributed by atoms with van der Waals surface area (Å²) in [6.45, 7) is -0.0430. The molecule has 2 amide bonds. The highest BCUT2D eigenvalue weighted by Gasteiger charge is 2.35. The van der Waals surface area contributed by atoms with E-state index in [4.69, 9.17) is 5.21 Å². The zero-order valence-corrected chi connectivity index (χ0v) is 8.39. The molecule has 6 nitrogen and oxygen atoms in total. The summed E-state index contributed by atoms with van der Waals surface area (Å²) in [7, 11) is 0. The van der Waals surface area contributed by atoms with E-state index in [1.807, 2.05) is 30.3 Å². The van der Waals surface area contributed by atoms with Gasteiger partial charge >= 0.3 is 6.03 Å². The lowest BCUT2D eigenvalue weighted by molar-refractivity contribution is -0.130. The minimum absolute atomic E-state index is 0.0430. The van der Waals surface area contributed by atoms with Crippen molar-refractivity contribution < 1.29 is 15.1 Å². The fourth-order valence-corrected chi connectivity index (χ4v) is 1.33. The number of hydroxylamine groups is 2. The van der Waals surface area contributed by atoms with E-state index in [2.05, 4.69) is 5.10 Å². The second-order valence-corrected chi connectivity index (χ2v) is 3.35. The van der Waals surface area contributed by atoms with E-state index < -0.39 is 12.3 Å². The standard InChI is InChI=1S/C10H11N3O3/c14-9-7-12(10(15)13(9)16)11-6-8-4-2-1-3-5-8/h1-6,9,14,16H,7H2. The first-order valence-electron chi connectivity index (χ1n) is 4.75. The van der Waals surface area contributed by atoms with Gasteiger partial charge in [-0.25, -0.2) is 9.80 Å². The lowest BCUT2D eigenvalue weighted by Crippen LogP contribution is -2.30. The second-order valence-electron chi connectivity index (χ2n) is 3.35. The normalized spacial score (nSPS) is 21.1. The average molecular weight is 221 g/mol. The van der Waals surface area contributed by atoms with Crippen molar-refractivity contribution in [2.45, 2.75) is 6.23 Å². The van der Waals surface area contributed by atoms with E-state index in [-0.39, 0.29) is 11.6 Å². The molecule has 0 saturated carbocycles. The van der Waals surface area contributed by atoms with Crippen LogP contribution in [0.1, 0.15) is 5.56 Å². The van der Waals surface area contributed by atoms with Gasteiger partial charge in [0.2, 0.25) is 0 Å². The van der Waals surface area contributed by atoms with Gasteiger partial charge in [0.05, 0.1) is 12.8 Å². The average Bonchev–Trinajstić information content (AvgIpc) is 2.56. The molecule has 6 heteroatoms. The van der Waals surface area contributed by atoms with E-state index in [1.165, 1.54) is 6.21 Å². The predicted molar refractivity (Wildman–Crippen MR) is 55.8 cm³/mol. The molecule has 1 atom stereocenters. The number of hydrazone groups is 1. The first-order valence-corrected chi connectivity index (χ1v) is 4.75. The summed E-state index contributed by atoms with van der Waals surface area (Å²) in [5, 5.41) is 23.3. The van der Waals surface area contributed by atoms with Crippen molar-refractivity contribution in [2.75, 3.05) is 6.54 Å². The highest BCUT2D eigenvalue weighted by Crippen LogP contribution is 2.11. The van der Waals surface area contributed by atoms with E-state index >= 15 is 0 Å². The number of nitrogens with zero attached hydrogens (tertiary/aromatic N) is 3. The maximum atomic E-state index is 11.3. The maximum absolute atomic E-state index is 11.3. The molecule has 16 heavy (non-hydrogen) atoms. The summed E-state index contributed by atoms with van der Waals surface area (Å²) in [6.07, 6.45) is 0.268. The molecule has 0 aliphatic carbocycles. The molecule has 0 radical (unpaired) electrons. The van der Waals surface area contributed by atoms with Crippen LogP contribution >= 0.6 is 0 Å². The van der Waals surface area contributed by atoms with Gasteiger partial charge in [-0.05, 0) is 5.56 Å². The lowest BCUT2D eigenvalue weighted by atomic mass is 10.2. The Morgan fingerprint density at radius 3 is 2.62 bits per heavy atom. The van der Waals surface area contributed by atoms with Crippen LogP contribution in [0.5, 0.6) is 0 Å². The van der Waals surface area contributed by atoms with Crippen LogP contribution in [0.3, 0.4) is 0 Å². The third kappa shape index (κ3) is 2.02. The van der Waals surface area contributed by atoms with Crippen LogP contribution in [0.25, 0.3) is 0 Å². The van der Waals surface area contributed by atoms with Gasteiger partial charge in [-0.3, -0.25) is 5.21 Å². The van der Waals surface area contributed by atoms with Gasteiger partial charge in [0, 0.05) is 0 Å². The van der Waals surface area contributed by atoms with Crippen molar-refractivity contribution in [3.05, 3.63) is 35.9 Å². The van der Waals surface area contributed by atoms with Crippen molar-refractivity contribution in [1.82, 2.24) is 10.1 Å². The van der Waals surface area contributed by atoms with E-state index in [1.54, 1.807) is 0 Å². The van der Waals surface area contributed by atoms with Gasteiger partial charge in [-0.2, -0.15) is 10.2 Å². The van der Waals surface area contributed by atoms with Crippen molar-refractivity contribution >= 4 is 12.2 Å². The third-order valence-electron chi connectivity index (χ3n) is 2.18. The Morgan fingerprint density at radius 2 is 2.06 bits per heavy atom. The quantitative estimate of drug-likeness (QED) is 0.563. The zero-order valence-electron chi connectivity index (χ0n) is 8.39. The molecular formula is C10H11N3O3. The SMILES string of the molecule is O=C1N(N=Cc2ccccc2)CC(O)N1O. The number of hydrogen-bond donors (Lipinski definition) is 2. The van der Waals surface area contributed by atoms with Gasteiger partial charge in [-0.15, -0.1) is 0 Å². The minimum Gasteiger partial charge on any atom is -0.369 e. The fourth-order valence-electron chi connectivity index (χ4n) is 1.33. The Bertz CT molecular complexity index is 407. The lowest BCUT2D eigenvalue weighted by Gasteiger charge is -2.08. The molecule has 1 aromatic rings. The molecule has 1 fully saturated rings. The van der Waals surface area contributed by atoms with Crippen LogP contribution in [-0.2, 0) is 0 Å². The predicted octanol–water partition coefficient (Wildman–Crippen LogP) is 0.466. The van der Waals surface area contributed by atoms with Gasteiger partial charge in [0.25, 0.3) is 0 Å². The van der Waals surface area contributed by atoms with Gasteiger partial charge in [-0.1, -0.05) is 30.3 Å². The van der Waals surface area contributed by atoms with Crippen molar-refractivity contribution in [1.29, 1.82) is 0 Å². The van der Waals surface area contributed by atoms with Crippen LogP contribution in [0.2, 0.25) is 0 Å². The molecule has 1 unspecified atom stereocenters. The highest BCUT2D eigenvalue weighted by molar-refractivity contribution is 5.82. The first kappa shape index (κ1) is 10.6. The number of aliphatic hydroxyl groups is 1. The molecule has 1 heterocycles. The number of hydrogen-bond acceptors (Lipinski definition) is 4. The topological polar surface area (TPSA) is 76.4 Å². The summed E-state index contributed by atoms with van der Waals surface area (Å²) >= 11 is 0. The number of aliphatic hydroxyl groups excluding tert-OH is 1. The number of carbonyl (C=O) groups is 1. The summed E-state index contributed by atoms with van der Waals surface area (Å²) in [6, 6.07) is 8.49. The molecule has 1 saturated heterocycles. The number of amides is 2. The summed E-state index contributed by atoms with van der Waals surface area (Å²) < 4.78 is 0. The number of urea groups is 1. The van der Waals surface area contributed by atoms with E-state index in [0.717, 1.165) is 10.6 Å². The van der Waals surface area contributed by atoms with Crippen LogP contribution in [-0.4, -0.2) is 45.4 Å². The molecule has 84 valence electrons. The number of carbonyl (C=O) groups excluding carboxylic acids is 1. The molecule has 2 rings (SSSR count). The van der Waals surface area contributed by atoms with Crippen molar-refractivity contribution in [3.63, 3.8) is 0 Å². The molecular weight excluding hydrogens is 210 g/mol. The van der Waals surface area contributed by atoms with Gasteiger partial charge in [0.1, 0.15) is 0 Å². The number of rotatable bonds is 2. The Kier molecular flexibility index (Phi) is 2.84. The molecule has 1 aliphatic rings. The second kappa shape index (κ2) is 4.30. The molecule has 2 N–H and O–H groups in total. The van der Waals surface area contributed by atoms with Crippen LogP contribution in [0, 0.1) is 0 Å². The van der Waals surface area contributed by atoms with Gasteiger partial charge < -0.3 is 5.11 Å². The molecule has 0 bridgehead atoms. The summed E-state index contributed by atoms with van der Waals surface area (Å²) in [5.74, 6) is 0. The number of β-amino-alcohol motifs (C(OH)–C–C–N with tert-alkyl or cyclic N) is 1. The maximum Gasteiger partial charge on any atom is 0.366 e. The van der Waals surface area contributed by atoms with E-state index in [9.17, 15) is 9.90 Å². The smallest absolute Gasteiger partial charge is 0.366 e. The van der Waals surface area contributed by atoms with Crippen LogP contribution in [0.15, 0.2) is 35.4 Å². The highest BCUT2D eigenvalue weighted by atomic mass is 16.6. The Balaban J connectivity index is 2.06. The van der Waals surface area contributed by atoms with Crippen LogP contribution < -0.4 is 0 Å². The van der Waals surface area contributed by atoms with Gasteiger partial charge in [0.15, 0.2) is 6.23 Å². The molecule has 1 aliphatic heterocycles. The monoisotopic (exact) mass is 221 g/mol. The largest absolute Gasteiger partial charge is 0.369 e. The Hall–Kier alpha value is -1.92. The third-order valence-corrected chi connectivity index (χ3v) is 2.18. The Labute approximate surface area is 92.0 Å². The first-order chi connectivity index (χ1) is 7.68. The Morgan fingerprint density at radius 1 is 1.38 bits per heavy atom. The summed E-state index contributed by atoms with van der Waals surface area (Å²) in [5.41, 5.74) is 0.834. The molecule has 1 aromatic carbocycles. The summed E-state index contributed by atoms with van der Waals surface area (Å²) in [4.78, 5) is 11.3. The molecule has 0 aromatic heterocycles. The fraction of sp³-hybridized carbons (Fsp3) is 0.200. The van der Waals surface area contributed by atoms with Crippen LogP contribution in [0.4, 0.5) is 4.79 Å².